The fourth-order valence-electron chi connectivity index (χ4n) is 3.97. The third kappa shape index (κ3) is 5.06. The molecule has 1 aromatic carbocycles. The fourth-order valence-corrected chi connectivity index (χ4v) is 4.13. The van der Waals surface area contributed by atoms with Gasteiger partial charge < -0.3 is 20.4 Å². The number of morpholine rings is 1. The van der Waals surface area contributed by atoms with Crippen molar-refractivity contribution in [2.24, 2.45) is 7.05 Å². The molecule has 0 bridgehead atoms. The van der Waals surface area contributed by atoms with Gasteiger partial charge in [-0.3, -0.25) is 9.36 Å². The number of benzene rings is 1. The van der Waals surface area contributed by atoms with E-state index in [-0.39, 0.29) is 39.4 Å². The Morgan fingerprint density at radius 3 is 2.80 bits per heavy atom. The number of fused-ring (bicyclic) bond motifs is 1. The van der Waals surface area contributed by atoms with Gasteiger partial charge in [0.05, 0.1) is 23.2 Å². The van der Waals surface area contributed by atoms with Gasteiger partial charge in [-0.1, -0.05) is 11.6 Å². The van der Waals surface area contributed by atoms with E-state index in [2.05, 4.69) is 10.3 Å². The van der Waals surface area contributed by atoms with Crippen molar-refractivity contribution in [2.45, 2.75) is 32.9 Å². The minimum absolute atomic E-state index is 0.176. The zero-order chi connectivity index (χ0) is 25.3. The molecule has 1 fully saturated rings. The second-order valence-corrected chi connectivity index (χ2v) is 9.22. The van der Waals surface area contributed by atoms with Crippen LogP contribution in [0.25, 0.3) is 22.2 Å². The highest BCUT2D eigenvalue weighted by molar-refractivity contribution is 6.30. The van der Waals surface area contributed by atoms with Crippen molar-refractivity contribution in [1.82, 2.24) is 19.9 Å². The molecule has 8 nitrogen and oxygen atoms in total. The average molecular weight is 499 g/mol. The number of rotatable bonds is 6. The molecule has 1 unspecified atom stereocenters. The third-order valence-electron chi connectivity index (χ3n) is 5.97. The Labute approximate surface area is 207 Å². The summed E-state index contributed by atoms with van der Waals surface area (Å²) in [7, 11) is 1.63. The molecular weight excluding hydrogens is 471 g/mol. The van der Waals surface area contributed by atoms with Gasteiger partial charge in [0.2, 0.25) is 0 Å². The molecule has 1 atom stereocenters. The van der Waals surface area contributed by atoms with Crippen LogP contribution < -0.4 is 15.8 Å². The maximum Gasteiger partial charge on any atom is 0.263 e. The van der Waals surface area contributed by atoms with E-state index in [1.165, 1.54) is 22.9 Å². The number of nitrogens with zero attached hydrogens (tertiary/aromatic N) is 4. The van der Waals surface area contributed by atoms with Crippen molar-refractivity contribution >= 4 is 34.5 Å². The highest BCUT2D eigenvalue weighted by Gasteiger charge is 2.26. The number of anilines is 1. The van der Waals surface area contributed by atoms with Crippen molar-refractivity contribution < 1.29 is 9.13 Å². The molecule has 1 saturated heterocycles. The van der Waals surface area contributed by atoms with Gasteiger partial charge in [-0.2, -0.15) is 0 Å². The molecule has 0 saturated carbocycles. The first-order valence-corrected chi connectivity index (χ1v) is 11.7. The molecule has 1 aliphatic heterocycles. The van der Waals surface area contributed by atoms with Crippen molar-refractivity contribution in [3.05, 3.63) is 63.1 Å². The van der Waals surface area contributed by atoms with Crippen molar-refractivity contribution in [1.29, 1.82) is 5.41 Å². The molecule has 2 N–H and O–H groups in total. The highest BCUT2D eigenvalue weighted by atomic mass is 35.5. The Bertz CT molecular complexity index is 1370. The van der Waals surface area contributed by atoms with Gasteiger partial charge in [-0.15, -0.1) is 0 Å². The lowest BCUT2D eigenvalue weighted by atomic mass is 10.1. The van der Waals surface area contributed by atoms with E-state index in [1.807, 2.05) is 18.7 Å². The molecule has 2 aromatic heterocycles. The highest BCUT2D eigenvalue weighted by Crippen LogP contribution is 2.31. The van der Waals surface area contributed by atoms with Crippen LogP contribution in [-0.2, 0) is 11.8 Å². The van der Waals surface area contributed by atoms with Gasteiger partial charge >= 0.3 is 0 Å². The summed E-state index contributed by atoms with van der Waals surface area (Å²) < 4.78 is 22.3. The van der Waals surface area contributed by atoms with Crippen LogP contribution in [0, 0.1) is 18.2 Å². The summed E-state index contributed by atoms with van der Waals surface area (Å²) in [5, 5.41) is 11.5. The van der Waals surface area contributed by atoms with Crippen LogP contribution in [0.5, 0.6) is 0 Å². The van der Waals surface area contributed by atoms with Crippen molar-refractivity contribution in [2.75, 3.05) is 24.6 Å². The van der Waals surface area contributed by atoms with Crippen LogP contribution in [0.3, 0.4) is 0 Å². The zero-order valence-corrected chi connectivity index (χ0v) is 20.9. The Hall–Kier alpha value is -3.30. The SMILES string of the molecule is Cc1nc2cc(N3CCOC(/C(C=N)=C/NC(C)C)C3)nc(-c3ccc(Cl)cc3F)c2c(=O)n1C. The van der Waals surface area contributed by atoms with Gasteiger partial charge in [0.1, 0.15) is 23.6 Å². The van der Waals surface area contributed by atoms with E-state index in [4.69, 9.17) is 26.7 Å². The minimum atomic E-state index is -0.570. The van der Waals surface area contributed by atoms with Crippen LogP contribution in [0.15, 0.2) is 40.8 Å². The third-order valence-corrected chi connectivity index (χ3v) is 6.20. The Morgan fingerprint density at radius 2 is 2.11 bits per heavy atom. The molecule has 0 radical (unpaired) electrons. The molecule has 35 heavy (non-hydrogen) atoms. The topological polar surface area (TPSA) is 96.1 Å². The Balaban J connectivity index is 1.84. The lowest BCUT2D eigenvalue weighted by Crippen LogP contribution is -2.44. The predicted molar refractivity (Wildman–Crippen MR) is 137 cm³/mol. The normalized spacial score (nSPS) is 16.7. The molecule has 0 aliphatic carbocycles. The number of aryl methyl sites for hydroxylation is 1. The van der Waals surface area contributed by atoms with Gasteiger partial charge in [-0.05, 0) is 39.0 Å². The van der Waals surface area contributed by atoms with Crippen LogP contribution in [0.4, 0.5) is 10.2 Å². The Morgan fingerprint density at radius 1 is 1.34 bits per heavy atom. The standard InChI is InChI=1S/C25H28ClFN6O2/c1-14(2)29-12-16(11-28)21-13-33(7-8-35-21)22-10-20-23(25(34)32(4)15(3)30-20)24(31-22)18-6-5-17(26)9-19(18)27/h5-6,9-12,14,21,28-29H,7-8,13H2,1-4H3/b16-12+,28-11?. The van der Waals surface area contributed by atoms with E-state index < -0.39 is 5.82 Å². The van der Waals surface area contributed by atoms with Crippen LogP contribution in [-0.4, -0.2) is 52.6 Å². The van der Waals surface area contributed by atoms with E-state index in [9.17, 15) is 9.18 Å². The predicted octanol–water partition coefficient (Wildman–Crippen LogP) is 3.83. The lowest BCUT2D eigenvalue weighted by molar-refractivity contribution is 0.0674. The second-order valence-electron chi connectivity index (χ2n) is 8.79. The van der Waals surface area contributed by atoms with Gasteiger partial charge in [0.25, 0.3) is 5.56 Å². The Kier molecular flexibility index (Phi) is 7.18. The molecule has 184 valence electrons. The summed E-state index contributed by atoms with van der Waals surface area (Å²) >= 11 is 5.97. The fraction of sp³-hybridized carbons (Fsp3) is 0.360. The van der Waals surface area contributed by atoms with Crippen LogP contribution >= 0.6 is 11.6 Å². The van der Waals surface area contributed by atoms with Gasteiger partial charge in [0, 0.05) is 60.8 Å². The summed E-state index contributed by atoms with van der Waals surface area (Å²) in [4.78, 5) is 24.5. The van der Waals surface area contributed by atoms with E-state index >= 15 is 0 Å². The first-order valence-electron chi connectivity index (χ1n) is 11.4. The maximum atomic E-state index is 15.0. The lowest BCUT2D eigenvalue weighted by Gasteiger charge is -2.34. The average Bonchev–Trinajstić information content (AvgIpc) is 2.82. The van der Waals surface area contributed by atoms with Crippen LogP contribution in [0.2, 0.25) is 5.02 Å². The number of nitrogens with one attached hydrogen (secondary N) is 2. The van der Waals surface area contributed by atoms with Crippen LogP contribution in [0.1, 0.15) is 19.7 Å². The van der Waals surface area contributed by atoms with E-state index in [0.29, 0.717) is 42.4 Å². The molecule has 3 heterocycles. The number of pyridine rings is 1. The van der Waals surface area contributed by atoms with Gasteiger partial charge in [0.15, 0.2) is 0 Å². The quantitative estimate of drug-likeness (QED) is 0.501. The summed E-state index contributed by atoms with van der Waals surface area (Å²) in [5.41, 5.74) is 1.23. The maximum absolute atomic E-state index is 15.0. The number of hydrogen-bond acceptors (Lipinski definition) is 7. The molecular formula is C25H28ClFN6O2. The number of aromatic nitrogens is 3. The molecule has 4 rings (SSSR count). The smallest absolute Gasteiger partial charge is 0.263 e. The van der Waals surface area contributed by atoms with E-state index in [0.717, 1.165) is 0 Å². The van der Waals surface area contributed by atoms with Gasteiger partial charge in [-0.25, -0.2) is 14.4 Å². The van der Waals surface area contributed by atoms with Crippen molar-refractivity contribution in [3.8, 4) is 11.3 Å². The summed E-state index contributed by atoms with van der Waals surface area (Å²) in [6, 6.07) is 6.28. The summed E-state index contributed by atoms with van der Waals surface area (Å²) in [6.45, 7) is 7.18. The molecule has 3 aromatic rings. The number of ether oxygens (including phenoxy) is 1. The minimum Gasteiger partial charge on any atom is -0.388 e. The summed E-state index contributed by atoms with van der Waals surface area (Å²) in [5.74, 6) is 0.520. The first-order chi connectivity index (χ1) is 16.7. The first kappa shape index (κ1) is 24.8. The second kappa shape index (κ2) is 10.1. The molecule has 0 amide bonds. The van der Waals surface area contributed by atoms with E-state index in [1.54, 1.807) is 32.3 Å². The molecule has 1 aliphatic rings. The largest absolute Gasteiger partial charge is 0.388 e. The summed E-state index contributed by atoms with van der Waals surface area (Å²) in [6.07, 6.45) is 2.72. The number of hydrogen-bond donors (Lipinski definition) is 2. The zero-order valence-electron chi connectivity index (χ0n) is 20.1. The number of halogens is 2. The molecule has 0 spiro atoms. The monoisotopic (exact) mass is 498 g/mol. The molecule has 10 heteroatoms. The van der Waals surface area contributed by atoms with Crippen molar-refractivity contribution in [3.63, 3.8) is 0 Å².